The Kier molecular flexibility index (Phi) is 5.14. The van der Waals surface area contributed by atoms with Crippen LogP contribution in [0.1, 0.15) is 0 Å². The van der Waals surface area contributed by atoms with Crippen molar-refractivity contribution in [1.29, 1.82) is 0 Å². The van der Waals surface area contributed by atoms with Crippen LogP contribution < -0.4 is 5.73 Å². The predicted molar refractivity (Wildman–Crippen MR) is 65.7 cm³/mol. The lowest BCUT2D eigenvalue weighted by molar-refractivity contribution is -0.137. The largest absolute Gasteiger partial charge is 0.480 e. The fraction of sp³-hybridized carbons (Fsp3) is 0.444. The van der Waals surface area contributed by atoms with Crippen LogP contribution >= 0.6 is 35.0 Å². The van der Waals surface area contributed by atoms with Gasteiger partial charge in [0.25, 0.3) is 0 Å². The van der Waals surface area contributed by atoms with E-state index in [1.165, 1.54) is 17.8 Å². The van der Waals surface area contributed by atoms with Gasteiger partial charge >= 0.3 is 5.97 Å². The van der Waals surface area contributed by atoms with Crippen LogP contribution in [0.25, 0.3) is 0 Å². The van der Waals surface area contributed by atoms with E-state index < -0.39 is 18.1 Å². The van der Waals surface area contributed by atoms with Gasteiger partial charge < -0.3 is 15.9 Å². The number of carbonyl (C=O) groups is 1. The highest BCUT2D eigenvalue weighted by Crippen LogP contribution is 2.30. The van der Waals surface area contributed by atoms with Crippen LogP contribution in [0.15, 0.2) is 22.2 Å². The molecule has 4 nitrogen and oxygen atoms in total. The Labute approximate surface area is 107 Å². The molecule has 0 aromatic rings. The first kappa shape index (κ1) is 13.9. The summed E-state index contributed by atoms with van der Waals surface area (Å²) in [5.74, 6) is -0.892. The van der Waals surface area contributed by atoms with Gasteiger partial charge in [0.2, 0.25) is 0 Å². The minimum Gasteiger partial charge on any atom is -0.480 e. The molecule has 4 N–H and O–H groups in total. The van der Waals surface area contributed by atoms with Crippen molar-refractivity contribution in [2.75, 3.05) is 5.75 Å². The second kappa shape index (κ2) is 5.93. The van der Waals surface area contributed by atoms with E-state index in [0.29, 0.717) is 5.03 Å². The number of halogens is 2. The third-order valence-corrected chi connectivity index (χ3v) is 3.88. The van der Waals surface area contributed by atoms with Crippen LogP contribution in [0, 0.1) is 0 Å². The van der Waals surface area contributed by atoms with Gasteiger partial charge in [-0.05, 0) is 12.2 Å². The zero-order chi connectivity index (χ0) is 12.3. The highest BCUT2D eigenvalue weighted by molar-refractivity contribution is 8.00. The highest BCUT2D eigenvalue weighted by Gasteiger charge is 2.26. The molecule has 0 spiro atoms. The number of nitrogens with two attached hydrogens (primary N) is 1. The van der Waals surface area contributed by atoms with Gasteiger partial charge in [0.1, 0.15) is 12.1 Å². The van der Waals surface area contributed by atoms with E-state index in [9.17, 15) is 9.90 Å². The standard InChI is InChI=1S/C9H11Cl2NO3S/c10-4-1-5(11)8(13)7(2-4)16-3-6(12)9(14)15/h1-2,6-8,13H,3,12H2,(H,14,15)/t6-,7-,8-/m0/s1. The minimum absolute atomic E-state index is 0.182. The second-order valence-electron chi connectivity index (χ2n) is 3.27. The van der Waals surface area contributed by atoms with Crippen LogP contribution in [-0.2, 0) is 4.79 Å². The Morgan fingerprint density at radius 2 is 2.25 bits per heavy atom. The lowest BCUT2D eigenvalue weighted by Crippen LogP contribution is -2.34. The fourth-order valence-electron chi connectivity index (χ4n) is 1.10. The van der Waals surface area contributed by atoms with Gasteiger partial charge in [-0.25, -0.2) is 0 Å². The number of rotatable bonds is 4. The molecule has 0 saturated heterocycles. The molecule has 0 aliphatic heterocycles. The molecule has 3 atom stereocenters. The number of carboxylic acids is 1. The summed E-state index contributed by atoms with van der Waals surface area (Å²) >= 11 is 12.7. The smallest absolute Gasteiger partial charge is 0.321 e. The van der Waals surface area contributed by atoms with Gasteiger partial charge in [0, 0.05) is 15.8 Å². The first-order valence-corrected chi connectivity index (χ1v) is 6.24. The summed E-state index contributed by atoms with van der Waals surface area (Å²) < 4.78 is 0. The van der Waals surface area contributed by atoms with Crippen molar-refractivity contribution >= 4 is 40.9 Å². The van der Waals surface area contributed by atoms with Gasteiger partial charge in [-0.2, -0.15) is 0 Å². The minimum atomic E-state index is -1.07. The molecule has 0 fully saturated rings. The van der Waals surface area contributed by atoms with E-state index in [1.54, 1.807) is 6.08 Å². The highest BCUT2D eigenvalue weighted by atomic mass is 35.5. The molecule has 0 amide bonds. The zero-order valence-corrected chi connectivity index (χ0v) is 10.5. The number of carboxylic acid groups (broad SMARTS) is 1. The van der Waals surface area contributed by atoms with Crippen LogP contribution in [0.3, 0.4) is 0 Å². The van der Waals surface area contributed by atoms with E-state index in [2.05, 4.69) is 0 Å². The molecule has 0 unspecified atom stereocenters. The molecular weight excluding hydrogens is 273 g/mol. The summed E-state index contributed by atoms with van der Waals surface area (Å²) in [4.78, 5) is 10.5. The van der Waals surface area contributed by atoms with Gasteiger partial charge in [0.15, 0.2) is 0 Å². The molecule has 1 rings (SSSR count). The molecule has 0 aromatic heterocycles. The van der Waals surface area contributed by atoms with Crippen molar-refractivity contribution in [3.05, 3.63) is 22.2 Å². The second-order valence-corrected chi connectivity index (χ2v) is 5.35. The molecule has 0 radical (unpaired) electrons. The zero-order valence-electron chi connectivity index (χ0n) is 8.14. The fourth-order valence-corrected chi connectivity index (χ4v) is 2.95. The Hall–Kier alpha value is -0.200. The van der Waals surface area contributed by atoms with Crippen molar-refractivity contribution < 1.29 is 15.0 Å². The molecule has 0 bridgehead atoms. The first-order valence-electron chi connectivity index (χ1n) is 4.44. The number of aliphatic hydroxyl groups excluding tert-OH is 1. The van der Waals surface area contributed by atoms with Gasteiger partial charge in [0.05, 0.1) is 5.25 Å². The van der Waals surface area contributed by atoms with Crippen LogP contribution in [-0.4, -0.2) is 39.3 Å². The van der Waals surface area contributed by atoms with Crippen molar-refractivity contribution in [2.24, 2.45) is 5.73 Å². The molecule has 1 aliphatic rings. The summed E-state index contributed by atoms with van der Waals surface area (Å²) in [5, 5.41) is 18.6. The number of hydrogen-bond donors (Lipinski definition) is 3. The Bertz CT molecular complexity index is 346. The molecule has 90 valence electrons. The van der Waals surface area contributed by atoms with E-state index in [0.717, 1.165) is 0 Å². The van der Waals surface area contributed by atoms with E-state index in [-0.39, 0.29) is 16.0 Å². The third-order valence-electron chi connectivity index (χ3n) is 1.98. The Balaban J connectivity index is 2.56. The van der Waals surface area contributed by atoms with Gasteiger partial charge in [-0.1, -0.05) is 23.2 Å². The van der Waals surface area contributed by atoms with Crippen LogP contribution in [0.4, 0.5) is 0 Å². The summed E-state index contributed by atoms with van der Waals surface area (Å²) in [6, 6.07) is -0.964. The van der Waals surface area contributed by atoms with Crippen LogP contribution in [0.2, 0.25) is 0 Å². The maximum atomic E-state index is 10.5. The average molecular weight is 284 g/mol. The maximum Gasteiger partial charge on any atom is 0.321 e. The summed E-state index contributed by atoms with van der Waals surface area (Å²) in [5.41, 5.74) is 5.35. The monoisotopic (exact) mass is 283 g/mol. The molecule has 0 heterocycles. The number of aliphatic hydroxyl groups is 1. The predicted octanol–water partition coefficient (Wildman–Crippen LogP) is 1.12. The third kappa shape index (κ3) is 3.68. The SMILES string of the molecule is N[C@@H](CS[C@H]1C=C(Cl)C=C(Cl)[C@@H]1O)C(=O)O. The summed E-state index contributed by atoms with van der Waals surface area (Å²) in [7, 11) is 0. The number of thioether (sulfide) groups is 1. The van der Waals surface area contributed by atoms with Crippen molar-refractivity contribution in [3.63, 3.8) is 0 Å². The van der Waals surface area contributed by atoms with Crippen molar-refractivity contribution in [2.45, 2.75) is 17.4 Å². The number of aliphatic carboxylic acids is 1. The number of hydrogen-bond acceptors (Lipinski definition) is 4. The molecule has 0 aromatic carbocycles. The quantitative estimate of drug-likeness (QED) is 0.720. The van der Waals surface area contributed by atoms with Gasteiger partial charge in [-0.3, -0.25) is 4.79 Å². The average Bonchev–Trinajstić information content (AvgIpc) is 2.20. The van der Waals surface area contributed by atoms with E-state index in [4.69, 9.17) is 34.0 Å². The lowest BCUT2D eigenvalue weighted by Gasteiger charge is -2.23. The number of allylic oxidation sites excluding steroid dienone is 2. The Morgan fingerprint density at radius 3 is 2.81 bits per heavy atom. The normalized spacial score (nSPS) is 27.0. The van der Waals surface area contributed by atoms with Crippen molar-refractivity contribution in [3.8, 4) is 0 Å². The van der Waals surface area contributed by atoms with E-state index >= 15 is 0 Å². The summed E-state index contributed by atoms with van der Waals surface area (Å²) in [6.07, 6.45) is 2.22. The van der Waals surface area contributed by atoms with Gasteiger partial charge in [-0.15, -0.1) is 11.8 Å². The maximum absolute atomic E-state index is 10.5. The Morgan fingerprint density at radius 1 is 1.62 bits per heavy atom. The van der Waals surface area contributed by atoms with Crippen molar-refractivity contribution in [1.82, 2.24) is 0 Å². The lowest BCUT2D eigenvalue weighted by atomic mass is 10.1. The van der Waals surface area contributed by atoms with Crippen LogP contribution in [0.5, 0.6) is 0 Å². The first-order chi connectivity index (χ1) is 7.41. The molecule has 1 aliphatic carbocycles. The molecular formula is C9H11Cl2NO3S. The topological polar surface area (TPSA) is 83.5 Å². The molecule has 0 saturated carbocycles. The molecule has 7 heteroatoms. The van der Waals surface area contributed by atoms with E-state index in [1.807, 2.05) is 0 Å². The summed E-state index contributed by atoms with van der Waals surface area (Å²) in [6.45, 7) is 0. The molecule has 16 heavy (non-hydrogen) atoms.